The molecule has 9 nitrogen and oxygen atoms in total. The molecule has 1 saturated heterocycles. The zero-order valence-corrected chi connectivity index (χ0v) is 16.4. The van der Waals surface area contributed by atoms with E-state index < -0.39 is 28.3 Å². The van der Waals surface area contributed by atoms with E-state index in [4.69, 9.17) is 0 Å². The van der Waals surface area contributed by atoms with Gasteiger partial charge in [-0.25, -0.2) is 4.79 Å². The Kier molecular flexibility index (Phi) is 6.71. The van der Waals surface area contributed by atoms with Crippen molar-refractivity contribution in [3.63, 3.8) is 0 Å². The average Bonchev–Trinajstić information content (AvgIpc) is 2.86. The number of amides is 4. The third-order valence-electron chi connectivity index (χ3n) is 4.88. The molecule has 1 aromatic carbocycles. The van der Waals surface area contributed by atoms with E-state index >= 15 is 0 Å². The molecule has 2 rings (SSSR count). The van der Waals surface area contributed by atoms with Crippen LogP contribution in [0.4, 0.5) is 10.5 Å². The molecule has 4 amide bonds. The van der Waals surface area contributed by atoms with Crippen LogP contribution in [-0.2, 0) is 15.1 Å². The summed E-state index contributed by atoms with van der Waals surface area (Å²) in [6.45, 7) is 5.13. The number of carbonyl (C=O) groups excluding carboxylic acids is 3. The molecule has 0 spiro atoms. The zero-order chi connectivity index (χ0) is 20.9. The van der Waals surface area contributed by atoms with Crippen LogP contribution in [0, 0.1) is 10.1 Å². The highest BCUT2D eigenvalue weighted by atomic mass is 16.6. The molecular formula is C19H26N4O5. The molecule has 2 unspecified atom stereocenters. The first-order valence-electron chi connectivity index (χ1n) is 9.37. The van der Waals surface area contributed by atoms with Crippen molar-refractivity contribution in [2.75, 3.05) is 6.54 Å². The molecule has 1 aliphatic rings. The second-order valence-electron chi connectivity index (χ2n) is 7.21. The predicted molar refractivity (Wildman–Crippen MR) is 102 cm³/mol. The van der Waals surface area contributed by atoms with E-state index in [1.165, 1.54) is 31.2 Å². The van der Waals surface area contributed by atoms with Gasteiger partial charge < -0.3 is 10.6 Å². The lowest BCUT2D eigenvalue weighted by Gasteiger charge is -2.22. The van der Waals surface area contributed by atoms with Gasteiger partial charge in [-0.1, -0.05) is 26.2 Å². The number of carbonyl (C=O) groups is 3. The summed E-state index contributed by atoms with van der Waals surface area (Å²) in [7, 11) is 0. The number of rotatable bonds is 9. The number of nitro groups is 1. The van der Waals surface area contributed by atoms with Crippen LogP contribution >= 0.6 is 0 Å². The Morgan fingerprint density at radius 3 is 2.50 bits per heavy atom. The van der Waals surface area contributed by atoms with Crippen molar-refractivity contribution < 1.29 is 19.3 Å². The number of benzene rings is 1. The minimum atomic E-state index is -1.38. The molecule has 28 heavy (non-hydrogen) atoms. The Balaban J connectivity index is 2.04. The molecule has 1 aliphatic heterocycles. The fourth-order valence-electron chi connectivity index (χ4n) is 3.19. The summed E-state index contributed by atoms with van der Waals surface area (Å²) < 4.78 is 0. The molecule has 152 valence electrons. The summed E-state index contributed by atoms with van der Waals surface area (Å²) in [5, 5.41) is 16.2. The molecule has 0 aromatic heterocycles. The Morgan fingerprint density at radius 2 is 1.93 bits per heavy atom. The van der Waals surface area contributed by atoms with Gasteiger partial charge in [0.25, 0.3) is 11.6 Å². The van der Waals surface area contributed by atoms with E-state index in [0.29, 0.717) is 5.56 Å². The van der Waals surface area contributed by atoms with Gasteiger partial charge in [-0.15, -0.1) is 0 Å². The predicted octanol–water partition coefficient (Wildman–Crippen LogP) is 2.45. The van der Waals surface area contributed by atoms with E-state index in [1.54, 1.807) is 0 Å². The summed E-state index contributed by atoms with van der Waals surface area (Å²) in [5.74, 6) is -0.972. The van der Waals surface area contributed by atoms with Crippen LogP contribution in [0.1, 0.15) is 52.0 Å². The number of unbranched alkanes of at least 4 members (excludes halogenated alkanes) is 2. The number of hydrogen-bond acceptors (Lipinski definition) is 5. The quantitative estimate of drug-likeness (QED) is 0.290. The normalized spacial score (nSPS) is 20.0. The van der Waals surface area contributed by atoms with E-state index in [9.17, 15) is 24.5 Å². The third-order valence-corrected chi connectivity index (χ3v) is 4.88. The summed E-state index contributed by atoms with van der Waals surface area (Å²) >= 11 is 0. The van der Waals surface area contributed by atoms with Gasteiger partial charge in [0, 0.05) is 18.2 Å². The molecule has 0 saturated carbocycles. The smallest absolute Gasteiger partial charge is 0.325 e. The van der Waals surface area contributed by atoms with Crippen LogP contribution < -0.4 is 10.6 Å². The van der Waals surface area contributed by atoms with Crippen LogP contribution in [0.25, 0.3) is 0 Å². The highest BCUT2D eigenvalue weighted by molar-refractivity contribution is 6.09. The molecule has 9 heteroatoms. The van der Waals surface area contributed by atoms with Gasteiger partial charge in [-0.2, -0.15) is 0 Å². The van der Waals surface area contributed by atoms with Crippen molar-refractivity contribution in [3.05, 3.63) is 39.9 Å². The number of nitrogens with zero attached hydrogens (tertiary/aromatic N) is 2. The average molecular weight is 390 g/mol. The lowest BCUT2D eigenvalue weighted by atomic mass is 9.92. The summed E-state index contributed by atoms with van der Waals surface area (Å²) in [6, 6.07) is 4.69. The van der Waals surface area contributed by atoms with Crippen molar-refractivity contribution in [2.45, 2.75) is 58.0 Å². The first-order valence-corrected chi connectivity index (χ1v) is 9.37. The number of hydrogen-bond donors (Lipinski definition) is 2. The maximum atomic E-state index is 12.8. The number of non-ortho nitro benzene ring substituents is 1. The topological polar surface area (TPSA) is 122 Å². The van der Waals surface area contributed by atoms with Crippen molar-refractivity contribution in [1.82, 2.24) is 15.5 Å². The SMILES string of the molecule is CCCCCC(C)NC(=O)CN1C(=O)NC(C)(c2ccc([N+](=O)[O-])cc2)C1=O. The Labute approximate surface area is 163 Å². The highest BCUT2D eigenvalue weighted by Crippen LogP contribution is 2.29. The molecule has 0 aliphatic carbocycles. The van der Waals surface area contributed by atoms with Gasteiger partial charge >= 0.3 is 6.03 Å². The van der Waals surface area contributed by atoms with Crippen molar-refractivity contribution in [3.8, 4) is 0 Å². The third kappa shape index (κ3) is 4.65. The van der Waals surface area contributed by atoms with Crippen molar-refractivity contribution >= 4 is 23.5 Å². The van der Waals surface area contributed by atoms with Crippen LogP contribution in [0.2, 0.25) is 0 Å². The minimum absolute atomic E-state index is 0.0409. The lowest BCUT2D eigenvalue weighted by Crippen LogP contribution is -2.45. The summed E-state index contributed by atoms with van der Waals surface area (Å²) in [4.78, 5) is 48.5. The monoisotopic (exact) mass is 390 g/mol. The fraction of sp³-hybridized carbons (Fsp3) is 0.526. The summed E-state index contributed by atoms with van der Waals surface area (Å²) in [5.41, 5.74) is -1.08. The Morgan fingerprint density at radius 1 is 1.29 bits per heavy atom. The van der Waals surface area contributed by atoms with Gasteiger partial charge in [-0.05, 0) is 38.0 Å². The van der Waals surface area contributed by atoms with Gasteiger partial charge in [0.1, 0.15) is 12.1 Å². The molecule has 0 radical (unpaired) electrons. The molecule has 2 atom stereocenters. The van der Waals surface area contributed by atoms with Crippen molar-refractivity contribution in [1.29, 1.82) is 0 Å². The molecule has 1 fully saturated rings. The van der Waals surface area contributed by atoms with Crippen LogP contribution in [0.5, 0.6) is 0 Å². The van der Waals surface area contributed by atoms with E-state index in [2.05, 4.69) is 17.6 Å². The molecule has 2 N–H and O–H groups in total. The van der Waals surface area contributed by atoms with Gasteiger partial charge in [-0.3, -0.25) is 24.6 Å². The van der Waals surface area contributed by atoms with E-state index in [1.807, 2.05) is 6.92 Å². The Hall–Kier alpha value is -2.97. The molecular weight excluding hydrogens is 364 g/mol. The molecule has 1 heterocycles. The van der Waals surface area contributed by atoms with Crippen LogP contribution in [0.15, 0.2) is 24.3 Å². The van der Waals surface area contributed by atoms with E-state index in [-0.39, 0.29) is 18.3 Å². The van der Waals surface area contributed by atoms with E-state index in [0.717, 1.165) is 30.6 Å². The second-order valence-corrected chi connectivity index (χ2v) is 7.21. The van der Waals surface area contributed by atoms with Crippen LogP contribution in [0.3, 0.4) is 0 Å². The largest absolute Gasteiger partial charge is 0.352 e. The number of urea groups is 1. The number of nitro benzene ring substituents is 1. The highest BCUT2D eigenvalue weighted by Gasteiger charge is 2.49. The first-order chi connectivity index (χ1) is 13.2. The lowest BCUT2D eigenvalue weighted by molar-refractivity contribution is -0.384. The number of imide groups is 1. The van der Waals surface area contributed by atoms with Gasteiger partial charge in [0.15, 0.2) is 0 Å². The minimum Gasteiger partial charge on any atom is -0.352 e. The first kappa shape index (κ1) is 21.3. The van der Waals surface area contributed by atoms with Gasteiger partial charge in [0.05, 0.1) is 4.92 Å². The second kappa shape index (κ2) is 8.81. The fourth-order valence-corrected chi connectivity index (χ4v) is 3.19. The maximum Gasteiger partial charge on any atom is 0.325 e. The van der Waals surface area contributed by atoms with Gasteiger partial charge in [0.2, 0.25) is 5.91 Å². The standard InChI is InChI=1S/C19H26N4O5/c1-4-5-6-7-13(2)20-16(24)12-22-17(25)19(3,21-18(22)26)14-8-10-15(11-9-14)23(27)28/h8-11,13H,4-7,12H2,1-3H3,(H,20,24)(H,21,26). The zero-order valence-electron chi connectivity index (χ0n) is 16.4. The number of nitrogens with one attached hydrogen (secondary N) is 2. The Bertz CT molecular complexity index is 764. The maximum absolute atomic E-state index is 12.8. The van der Waals surface area contributed by atoms with Crippen molar-refractivity contribution in [2.24, 2.45) is 0 Å². The molecule has 1 aromatic rings. The van der Waals surface area contributed by atoms with Crippen LogP contribution in [-0.4, -0.2) is 40.3 Å². The molecule has 0 bridgehead atoms. The summed E-state index contributed by atoms with van der Waals surface area (Å²) in [6.07, 6.45) is 4.00.